The molecule has 2 unspecified atom stereocenters. The Morgan fingerprint density at radius 1 is 1.53 bits per heavy atom. The van der Waals surface area contributed by atoms with Crippen LogP contribution in [0.25, 0.3) is 0 Å². The van der Waals surface area contributed by atoms with Gasteiger partial charge in [0.25, 0.3) is 0 Å². The Morgan fingerprint density at radius 2 is 2.13 bits per heavy atom. The second-order valence-electron chi connectivity index (χ2n) is 4.99. The lowest BCUT2D eigenvalue weighted by Crippen LogP contribution is -2.38. The molecule has 1 saturated heterocycles. The number of carbonyl (C=O) groups excluding carboxylic acids is 1. The number of nitrogens with one attached hydrogen (secondary N) is 1. The molecule has 1 heterocycles. The molecule has 0 spiro atoms. The van der Waals surface area contributed by atoms with E-state index >= 15 is 0 Å². The van der Waals surface area contributed by atoms with E-state index in [-0.39, 0.29) is 5.91 Å². The average Bonchev–Trinajstić information content (AvgIpc) is 2.77. The fourth-order valence-corrected chi connectivity index (χ4v) is 2.04. The van der Waals surface area contributed by atoms with Gasteiger partial charge in [-0.05, 0) is 30.8 Å². The summed E-state index contributed by atoms with van der Waals surface area (Å²) in [4.78, 5) is 13.9. The smallest absolute Gasteiger partial charge is 0.249 e. The largest absolute Gasteiger partial charge is 0.342 e. The second-order valence-corrected chi connectivity index (χ2v) is 4.99. The van der Waals surface area contributed by atoms with Crippen molar-refractivity contribution >= 4 is 5.91 Å². The first-order chi connectivity index (χ1) is 7.09. The Bertz CT molecular complexity index is 303. The van der Waals surface area contributed by atoms with Crippen molar-refractivity contribution in [3.8, 4) is 0 Å². The standard InChI is InChI=1S/C12H20N2O/c1-8-4-10(8)7-14(3)12(15)9(2)11-5-13-6-11/h8,10,13H,4-7H2,1-3H3. The molecule has 2 atom stereocenters. The maximum absolute atomic E-state index is 12.0. The van der Waals surface area contributed by atoms with E-state index in [2.05, 4.69) is 12.2 Å². The molecule has 1 amide bonds. The minimum absolute atomic E-state index is 0.214. The SMILES string of the molecule is CC(C(=O)N(C)CC1CC1C)=C1CNC1. The Balaban J connectivity index is 1.89. The molecule has 15 heavy (non-hydrogen) atoms. The molecular weight excluding hydrogens is 188 g/mol. The van der Waals surface area contributed by atoms with Crippen molar-refractivity contribution < 1.29 is 4.79 Å². The number of hydrogen-bond donors (Lipinski definition) is 1. The van der Waals surface area contributed by atoms with Crippen LogP contribution < -0.4 is 5.32 Å². The van der Waals surface area contributed by atoms with Crippen molar-refractivity contribution in [2.24, 2.45) is 11.8 Å². The van der Waals surface area contributed by atoms with E-state index in [1.54, 1.807) is 0 Å². The molecule has 2 aliphatic rings. The van der Waals surface area contributed by atoms with Crippen LogP contribution in [0.1, 0.15) is 20.3 Å². The Labute approximate surface area is 91.5 Å². The van der Waals surface area contributed by atoms with Crippen molar-refractivity contribution in [1.29, 1.82) is 0 Å². The van der Waals surface area contributed by atoms with Gasteiger partial charge in [-0.2, -0.15) is 0 Å². The molecule has 3 heteroatoms. The second kappa shape index (κ2) is 3.97. The predicted octanol–water partition coefficient (Wildman–Crippen LogP) is 1.02. The van der Waals surface area contributed by atoms with E-state index < -0.39 is 0 Å². The fraction of sp³-hybridized carbons (Fsp3) is 0.750. The van der Waals surface area contributed by atoms with E-state index in [1.807, 2.05) is 18.9 Å². The summed E-state index contributed by atoms with van der Waals surface area (Å²) in [5.74, 6) is 1.78. The van der Waals surface area contributed by atoms with Crippen LogP contribution in [-0.2, 0) is 4.79 Å². The van der Waals surface area contributed by atoms with Gasteiger partial charge in [-0.3, -0.25) is 4.79 Å². The molecule has 1 aliphatic carbocycles. The van der Waals surface area contributed by atoms with Crippen LogP contribution in [0.2, 0.25) is 0 Å². The predicted molar refractivity (Wildman–Crippen MR) is 60.5 cm³/mol. The van der Waals surface area contributed by atoms with Gasteiger partial charge in [0.1, 0.15) is 0 Å². The number of rotatable bonds is 3. The minimum Gasteiger partial charge on any atom is -0.342 e. The van der Waals surface area contributed by atoms with Crippen molar-refractivity contribution in [3.05, 3.63) is 11.1 Å². The summed E-state index contributed by atoms with van der Waals surface area (Å²) >= 11 is 0. The monoisotopic (exact) mass is 208 g/mol. The number of carbonyl (C=O) groups is 1. The number of hydrogen-bond acceptors (Lipinski definition) is 2. The molecule has 0 aromatic heterocycles. The molecule has 0 radical (unpaired) electrons. The Kier molecular flexibility index (Phi) is 2.83. The zero-order valence-electron chi connectivity index (χ0n) is 9.84. The Morgan fingerprint density at radius 3 is 2.53 bits per heavy atom. The highest BCUT2D eigenvalue weighted by atomic mass is 16.2. The summed E-state index contributed by atoms with van der Waals surface area (Å²) < 4.78 is 0. The van der Waals surface area contributed by atoms with Gasteiger partial charge in [0.15, 0.2) is 0 Å². The van der Waals surface area contributed by atoms with Gasteiger partial charge in [-0.1, -0.05) is 6.92 Å². The maximum Gasteiger partial charge on any atom is 0.249 e. The van der Waals surface area contributed by atoms with Crippen LogP contribution in [0.4, 0.5) is 0 Å². The number of nitrogens with zero attached hydrogens (tertiary/aromatic N) is 1. The van der Waals surface area contributed by atoms with Crippen molar-refractivity contribution in [1.82, 2.24) is 10.2 Å². The molecule has 2 rings (SSSR count). The normalized spacial score (nSPS) is 28.3. The van der Waals surface area contributed by atoms with Crippen molar-refractivity contribution in [2.45, 2.75) is 20.3 Å². The van der Waals surface area contributed by atoms with E-state index in [1.165, 1.54) is 12.0 Å². The van der Waals surface area contributed by atoms with Crippen molar-refractivity contribution in [3.63, 3.8) is 0 Å². The first kappa shape index (κ1) is 10.7. The Hall–Kier alpha value is -0.830. The maximum atomic E-state index is 12.0. The van der Waals surface area contributed by atoms with Crippen LogP contribution in [0, 0.1) is 11.8 Å². The van der Waals surface area contributed by atoms with Crippen LogP contribution in [-0.4, -0.2) is 37.5 Å². The van der Waals surface area contributed by atoms with E-state index in [0.29, 0.717) is 0 Å². The molecule has 0 bridgehead atoms. The van der Waals surface area contributed by atoms with E-state index in [9.17, 15) is 4.79 Å². The molecule has 0 aromatic carbocycles. The molecule has 1 saturated carbocycles. The highest BCUT2D eigenvalue weighted by Gasteiger charge is 2.34. The average molecular weight is 208 g/mol. The highest BCUT2D eigenvalue weighted by molar-refractivity contribution is 5.93. The van der Waals surface area contributed by atoms with Gasteiger partial charge >= 0.3 is 0 Å². The van der Waals surface area contributed by atoms with Crippen LogP contribution in [0.5, 0.6) is 0 Å². The fourth-order valence-electron chi connectivity index (χ4n) is 2.04. The van der Waals surface area contributed by atoms with Crippen LogP contribution in [0.3, 0.4) is 0 Å². The molecule has 0 aromatic rings. The third-order valence-corrected chi connectivity index (χ3v) is 3.66. The summed E-state index contributed by atoms with van der Waals surface area (Å²) in [6, 6.07) is 0. The minimum atomic E-state index is 0.214. The first-order valence-corrected chi connectivity index (χ1v) is 5.74. The van der Waals surface area contributed by atoms with E-state index in [0.717, 1.165) is 37.0 Å². The van der Waals surface area contributed by atoms with Gasteiger partial charge in [0.05, 0.1) is 0 Å². The van der Waals surface area contributed by atoms with Gasteiger partial charge in [0.2, 0.25) is 5.91 Å². The molecular formula is C12H20N2O. The number of likely N-dealkylation sites (N-methyl/N-ethyl adjacent to an activating group) is 1. The molecule has 1 aliphatic heterocycles. The summed E-state index contributed by atoms with van der Waals surface area (Å²) in [5.41, 5.74) is 2.22. The lowest BCUT2D eigenvalue weighted by Gasteiger charge is -2.24. The van der Waals surface area contributed by atoms with Gasteiger partial charge < -0.3 is 10.2 Å². The van der Waals surface area contributed by atoms with Gasteiger partial charge in [-0.25, -0.2) is 0 Å². The first-order valence-electron chi connectivity index (χ1n) is 5.74. The van der Waals surface area contributed by atoms with Gasteiger partial charge in [-0.15, -0.1) is 0 Å². The molecule has 2 fully saturated rings. The summed E-state index contributed by atoms with van der Waals surface area (Å²) in [7, 11) is 1.92. The van der Waals surface area contributed by atoms with E-state index in [4.69, 9.17) is 0 Å². The lowest BCUT2D eigenvalue weighted by atomic mass is 10.0. The zero-order valence-corrected chi connectivity index (χ0v) is 9.84. The number of amides is 1. The molecule has 84 valence electrons. The summed E-state index contributed by atoms with van der Waals surface area (Å²) in [5, 5.41) is 3.17. The molecule has 3 nitrogen and oxygen atoms in total. The van der Waals surface area contributed by atoms with Crippen LogP contribution in [0.15, 0.2) is 11.1 Å². The summed E-state index contributed by atoms with van der Waals surface area (Å²) in [6.45, 7) is 6.92. The summed E-state index contributed by atoms with van der Waals surface area (Å²) in [6.07, 6.45) is 1.29. The quantitative estimate of drug-likeness (QED) is 0.702. The van der Waals surface area contributed by atoms with Gasteiger partial charge in [0, 0.05) is 32.3 Å². The topological polar surface area (TPSA) is 32.3 Å². The lowest BCUT2D eigenvalue weighted by molar-refractivity contribution is -0.126. The highest BCUT2D eigenvalue weighted by Crippen LogP contribution is 2.38. The van der Waals surface area contributed by atoms with Crippen LogP contribution >= 0.6 is 0 Å². The third-order valence-electron chi connectivity index (χ3n) is 3.66. The third kappa shape index (κ3) is 2.23. The zero-order chi connectivity index (χ0) is 11.0. The van der Waals surface area contributed by atoms with Crippen molar-refractivity contribution in [2.75, 3.05) is 26.7 Å². The molecule has 1 N–H and O–H groups in total.